The van der Waals surface area contributed by atoms with Gasteiger partial charge in [-0.2, -0.15) is 0 Å². The summed E-state index contributed by atoms with van der Waals surface area (Å²) < 4.78 is 34.2. The summed E-state index contributed by atoms with van der Waals surface area (Å²) in [6, 6.07) is 15.1. The van der Waals surface area contributed by atoms with Gasteiger partial charge in [-0.25, -0.2) is 19.2 Å². The van der Waals surface area contributed by atoms with Crippen molar-refractivity contribution in [2.45, 2.75) is 32.9 Å². The number of carboxylic acids is 1. The molecule has 1 aliphatic rings. The number of halogens is 1. The van der Waals surface area contributed by atoms with E-state index in [1.54, 1.807) is 36.4 Å². The molecule has 6 rings (SSSR count). The van der Waals surface area contributed by atoms with Crippen molar-refractivity contribution in [3.8, 4) is 22.3 Å². The van der Waals surface area contributed by atoms with Gasteiger partial charge in [-0.05, 0) is 35.9 Å². The highest BCUT2D eigenvalue weighted by molar-refractivity contribution is 7.13. The summed E-state index contributed by atoms with van der Waals surface area (Å²) in [7, 11) is 1.53. The Balaban J connectivity index is 1.28. The van der Waals surface area contributed by atoms with Crippen LogP contribution in [-0.4, -0.2) is 56.1 Å². The number of hydrogen-bond acceptors (Lipinski definition) is 9. The van der Waals surface area contributed by atoms with Crippen LogP contribution in [0.3, 0.4) is 0 Å². The van der Waals surface area contributed by atoms with Gasteiger partial charge in [0.2, 0.25) is 5.88 Å². The average Bonchev–Trinajstić information content (AvgIpc) is 3.68. The maximum Gasteiger partial charge on any atom is 0.335 e. The second-order valence-corrected chi connectivity index (χ2v) is 11.7. The highest BCUT2D eigenvalue weighted by Gasteiger charge is 2.39. The predicted molar refractivity (Wildman–Crippen MR) is 154 cm³/mol. The summed E-state index contributed by atoms with van der Waals surface area (Å²) in [5, 5.41) is 18.6. The fraction of sp³-hybridized carbons (Fsp3) is 0.300. The van der Waals surface area contributed by atoms with E-state index in [4.69, 9.17) is 19.2 Å². The fourth-order valence-electron chi connectivity index (χ4n) is 5.12. The highest BCUT2D eigenvalue weighted by Crippen LogP contribution is 2.40. The van der Waals surface area contributed by atoms with Crippen molar-refractivity contribution in [3.63, 3.8) is 0 Å². The van der Waals surface area contributed by atoms with E-state index in [-0.39, 0.29) is 30.0 Å². The van der Waals surface area contributed by atoms with E-state index in [9.17, 15) is 9.90 Å². The lowest BCUT2D eigenvalue weighted by Crippen LogP contribution is -2.27. The number of methoxy groups -OCH3 is 1. The van der Waals surface area contributed by atoms with Gasteiger partial charge in [0.1, 0.15) is 18.2 Å². The molecule has 0 saturated carbocycles. The Morgan fingerprint density at radius 1 is 1.17 bits per heavy atom. The molecule has 0 aliphatic carbocycles. The largest absolute Gasteiger partial charge is 0.478 e. The van der Waals surface area contributed by atoms with Gasteiger partial charge >= 0.3 is 5.97 Å². The van der Waals surface area contributed by atoms with Crippen LogP contribution in [0.2, 0.25) is 0 Å². The first-order chi connectivity index (χ1) is 20.2. The van der Waals surface area contributed by atoms with Crippen LogP contribution in [0.15, 0.2) is 54.6 Å². The lowest BCUT2D eigenvalue weighted by molar-refractivity contribution is 0.0697. The Kier molecular flexibility index (Phi) is 7.33. The van der Waals surface area contributed by atoms with Crippen molar-refractivity contribution in [2.24, 2.45) is 5.41 Å². The van der Waals surface area contributed by atoms with Crippen LogP contribution in [0, 0.1) is 11.2 Å². The fourth-order valence-corrected chi connectivity index (χ4v) is 5.68. The molecule has 12 heteroatoms. The molecule has 1 fully saturated rings. The van der Waals surface area contributed by atoms with Gasteiger partial charge < -0.3 is 23.9 Å². The molecule has 0 unspecified atom stereocenters. The van der Waals surface area contributed by atoms with Gasteiger partial charge in [0, 0.05) is 23.5 Å². The number of pyridine rings is 1. The van der Waals surface area contributed by atoms with Gasteiger partial charge in [0.05, 0.1) is 48.7 Å². The Morgan fingerprint density at radius 3 is 2.74 bits per heavy atom. The summed E-state index contributed by atoms with van der Waals surface area (Å²) in [4.78, 5) is 21.0. The van der Waals surface area contributed by atoms with Gasteiger partial charge in [-0.1, -0.05) is 48.5 Å². The number of carboxylic acid groups (broad SMARTS) is 1. The summed E-state index contributed by atoms with van der Waals surface area (Å²) in [5.41, 5.74) is 2.93. The Labute approximate surface area is 244 Å². The number of aromatic nitrogens is 5. The van der Waals surface area contributed by atoms with Crippen LogP contribution in [0.25, 0.3) is 22.3 Å². The smallest absolute Gasteiger partial charge is 0.335 e. The maximum absolute atomic E-state index is 15.6. The van der Waals surface area contributed by atoms with Crippen molar-refractivity contribution in [2.75, 3.05) is 20.3 Å². The van der Waals surface area contributed by atoms with E-state index in [1.807, 2.05) is 10.6 Å². The number of rotatable bonds is 9. The van der Waals surface area contributed by atoms with Crippen LogP contribution in [0.5, 0.6) is 11.1 Å². The first-order valence-electron chi connectivity index (χ1n) is 13.3. The molecule has 216 valence electrons. The van der Waals surface area contributed by atoms with E-state index in [0.29, 0.717) is 63.0 Å². The van der Waals surface area contributed by atoms with E-state index in [0.717, 1.165) is 0 Å². The monoisotopic (exact) mass is 589 g/mol. The number of imidazole rings is 1. The molecule has 0 amide bonds. The molecule has 4 heterocycles. The third kappa shape index (κ3) is 5.42. The summed E-state index contributed by atoms with van der Waals surface area (Å²) in [6.45, 7) is 5.41. The molecule has 5 aromatic rings. The predicted octanol–water partition coefficient (Wildman–Crippen LogP) is 5.56. The van der Waals surface area contributed by atoms with Crippen molar-refractivity contribution in [1.82, 2.24) is 24.7 Å². The molecule has 0 bridgehead atoms. The molecule has 3 aromatic heterocycles. The molecular formula is C30H28FN5O5S. The van der Waals surface area contributed by atoms with Crippen LogP contribution >= 0.6 is 11.3 Å². The summed E-state index contributed by atoms with van der Waals surface area (Å²) in [6.07, 6.45) is 0.220. The third-order valence-electron chi connectivity index (χ3n) is 7.36. The van der Waals surface area contributed by atoms with E-state index in [2.05, 4.69) is 29.0 Å². The Bertz CT molecular complexity index is 1790. The average molecular weight is 590 g/mol. The molecule has 2 aromatic carbocycles. The van der Waals surface area contributed by atoms with Crippen molar-refractivity contribution in [3.05, 3.63) is 82.4 Å². The van der Waals surface area contributed by atoms with Gasteiger partial charge in [0.25, 0.3) is 5.19 Å². The molecule has 1 atom stereocenters. The second kappa shape index (κ2) is 11.1. The molecular weight excluding hydrogens is 561 g/mol. The molecule has 0 radical (unpaired) electrons. The van der Waals surface area contributed by atoms with Crippen LogP contribution in [0.1, 0.15) is 46.6 Å². The van der Waals surface area contributed by atoms with E-state index >= 15 is 4.39 Å². The van der Waals surface area contributed by atoms with Crippen molar-refractivity contribution >= 4 is 28.3 Å². The Hall–Kier alpha value is -4.42. The SMILES string of the molecule is COc1nnc(COc2cccc(-c3ccc(Cc4nc5ccc(C(=O)O)cc5n4[C@@H]4COCC4(C)C)c(F)c3)n2)s1. The minimum atomic E-state index is -1.02. The first-order valence-corrected chi connectivity index (χ1v) is 14.1. The molecule has 1 saturated heterocycles. The standard InChI is InChI=1S/C30H28FN5O5S/c1-30(2)16-40-14-24(30)36-23-12-19(28(37)38)9-10-22(23)32-25(36)13-17-7-8-18(11-20(17)31)21-5-4-6-26(33-21)41-15-27-34-35-29(39-3)42-27/h4-12,24H,13-16H2,1-3H3,(H,37,38)/t24-/m1/s1. The molecule has 0 spiro atoms. The first kappa shape index (κ1) is 27.7. The van der Waals surface area contributed by atoms with Crippen molar-refractivity contribution < 1.29 is 28.5 Å². The number of nitrogens with zero attached hydrogens (tertiary/aromatic N) is 5. The van der Waals surface area contributed by atoms with Crippen LogP contribution in [-0.2, 0) is 17.8 Å². The quantitative estimate of drug-likeness (QED) is 0.235. The zero-order valence-corrected chi connectivity index (χ0v) is 24.0. The molecule has 10 nitrogen and oxygen atoms in total. The van der Waals surface area contributed by atoms with Gasteiger partial charge in [-0.15, -0.1) is 5.10 Å². The van der Waals surface area contributed by atoms with Crippen LogP contribution in [0.4, 0.5) is 4.39 Å². The number of benzene rings is 2. The second-order valence-electron chi connectivity index (χ2n) is 10.7. The van der Waals surface area contributed by atoms with Gasteiger partial charge in [-0.3, -0.25) is 0 Å². The van der Waals surface area contributed by atoms with E-state index in [1.165, 1.54) is 30.6 Å². The van der Waals surface area contributed by atoms with Crippen molar-refractivity contribution in [1.29, 1.82) is 0 Å². The van der Waals surface area contributed by atoms with Crippen LogP contribution < -0.4 is 9.47 Å². The minimum Gasteiger partial charge on any atom is -0.478 e. The Morgan fingerprint density at radius 2 is 2.02 bits per heavy atom. The molecule has 1 aliphatic heterocycles. The summed E-state index contributed by atoms with van der Waals surface area (Å²) in [5.74, 6) is -0.391. The third-order valence-corrected chi connectivity index (χ3v) is 8.22. The zero-order chi connectivity index (χ0) is 29.4. The maximum atomic E-state index is 15.6. The number of ether oxygens (including phenoxy) is 3. The van der Waals surface area contributed by atoms with E-state index < -0.39 is 11.8 Å². The molecule has 42 heavy (non-hydrogen) atoms. The minimum absolute atomic E-state index is 0.0861. The highest BCUT2D eigenvalue weighted by atomic mass is 32.1. The normalized spacial score (nSPS) is 16.1. The topological polar surface area (TPSA) is 121 Å². The number of fused-ring (bicyclic) bond motifs is 1. The lowest BCUT2D eigenvalue weighted by atomic mass is 9.87. The number of carbonyl (C=O) groups is 1. The summed E-state index contributed by atoms with van der Waals surface area (Å²) >= 11 is 1.28. The van der Waals surface area contributed by atoms with Gasteiger partial charge in [0.15, 0.2) is 5.01 Å². The zero-order valence-electron chi connectivity index (χ0n) is 23.2. The molecule has 1 N–H and O–H groups in total. The lowest BCUT2D eigenvalue weighted by Gasteiger charge is -2.28. The number of aromatic carboxylic acids is 1. The number of hydrogen-bond donors (Lipinski definition) is 1.